The topological polar surface area (TPSA) is 18.5 Å². The lowest BCUT2D eigenvalue weighted by Gasteiger charge is -2.36. The molecule has 0 bridgehead atoms. The van der Waals surface area contributed by atoms with Gasteiger partial charge < -0.3 is 9.47 Å². The number of rotatable bonds is 10. The van der Waals surface area contributed by atoms with Gasteiger partial charge in [-0.2, -0.15) is 0 Å². The van der Waals surface area contributed by atoms with Gasteiger partial charge >= 0.3 is 0 Å². The van der Waals surface area contributed by atoms with Crippen LogP contribution in [0.5, 0.6) is 11.5 Å². The first-order valence-corrected chi connectivity index (χ1v) is 20.5. The molecule has 0 radical (unpaired) electrons. The molecule has 2 nitrogen and oxygen atoms in total. The Morgan fingerprint density at radius 2 is 1.17 bits per heavy atom. The minimum absolute atomic E-state index is 0.134. The van der Waals surface area contributed by atoms with E-state index in [1.54, 1.807) is 7.11 Å². The van der Waals surface area contributed by atoms with Gasteiger partial charge in [-0.05, 0) is 91.2 Å². The van der Waals surface area contributed by atoms with E-state index in [-0.39, 0.29) is 11.0 Å². The smallest absolute Gasteiger partial charge is 0.123 e. The van der Waals surface area contributed by atoms with E-state index in [4.69, 9.17) is 9.47 Å². The van der Waals surface area contributed by atoms with Gasteiger partial charge in [0, 0.05) is 11.1 Å². The molecule has 0 atom stereocenters. The molecule has 246 valence electrons. The van der Waals surface area contributed by atoms with Crippen LogP contribution in [0, 0.1) is 0 Å². The number of benzene rings is 5. The van der Waals surface area contributed by atoms with Crippen molar-refractivity contribution in [3.63, 3.8) is 0 Å². The molecule has 0 aromatic heterocycles. The Morgan fingerprint density at radius 3 is 1.58 bits per heavy atom. The van der Waals surface area contributed by atoms with Crippen LogP contribution in [0.4, 0.5) is 0 Å². The zero-order valence-electron chi connectivity index (χ0n) is 30.0. The van der Waals surface area contributed by atoms with E-state index in [0.717, 1.165) is 24.3 Å². The number of hydrogen-bond donors (Lipinski definition) is 0. The molecule has 5 aromatic rings. The monoisotopic (exact) mass is 650 g/mol. The van der Waals surface area contributed by atoms with Crippen LogP contribution < -0.4 is 14.7 Å². The van der Waals surface area contributed by atoms with Crippen molar-refractivity contribution in [1.82, 2.24) is 0 Å². The second kappa shape index (κ2) is 13.3. The van der Waals surface area contributed by atoms with Crippen molar-refractivity contribution in [3.8, 4) is 44.9 Å². The quantitative estimate of drug-likeness (QED) is 0.111. The van der Waals surface area contributed by atoms with Gasteiger partial charge in [-0.1, -0.05) is 145 Å². The Balaban J connectivity index is 1.60. The van der Waals surface area contributed by atoms with Gasteiger partial charge in [0.1, 0.15) is 18.1 Å². The van der Waals surface area contributed by atoms with Gasteiger partial charge in [-0.25, -0.2) is 0 Å². The molecule has 0 amide bonds. The Kier molecular flexibility index (Phi) is 9.28. The molecule has 0 heterocycles. The second-order valence-corrected chi connectivity index (χ2v) is 19.3. The summed E-state index contributed by atoms with van der Waals surface area (Å²) in [5.74, 6) is 1.88. The van der Waals surface area contributed by atoms with E-state index in [1.807, 2.05) is 6.08 Å². The molecule has 1 aliphatic carbocycles. The number of fused-ring (bicyclic) bond motifs is 3. The van der Waals surface area contributed by atoms with Crippen LogP contribution in [-0.4, -0.2) is 21.8 Å². The summed E-state index contributed by atoms with van der Waals surface area (Å²) in [5.41, 5.74) is 14.5. The summed E-state index contributed by atoms with van der Waals surface area (Å²) >= 11 is 0. The largest absolute Gasteiger partial charge is 0.497 e. The number of aryl methyl sites for hydroxylation is 2. The Hall–Kier alpha value is -4.34. The summed E-state index contributed by atoms with van der Waals surface area (Å²) in [7, 11) is -0.643. The van der Waals surface area contributed by atoms with Gasteiger partial charge in [-0.3, -0.25) is 0 Å². The third-order valence-electron chi connectivity index (χ3n) is 10.3. The third kappa shape index (κ3) is 6.17. The zero-order valence-corrected chi connectivity index (χ0v) is 31.0. The molecule has 0 unspecified atom stereocenters. The maximum Gasteiger partial charge on any atom is 0.123 e. The summed E-state index contributed by atoms with van der Waals surface area (Å²) in [5, 5.41) is 1.29. The minimum atomic E-state index is -2.42. The number of ether oxygens (including phenoxy) is 2. The number of methoxy groups -OCH3 is 1. The molecule has 0 saturated carbocycles. The second-order valence-electron chi connectivity index (χ2n) is 14.8. The Bertz CT molecular complexity index is 1840. The standard InChI is InChI=1S/C45H50O2Si/c1-10-25-47-43-41(45(4,5)6)28-36(46-7)29-42(43)48(8,9)44-39-26-34(32-17-13-30(11-2)14-18-32)21-23-37(39)38-24-22-35(27-40(38)44)33-19-15-31(12-3)16-20-33/h10,13-24,26-29,44H,1,11-12,25H2,2-9H3. The van der Waals surface area contributed by atoms with Gasteiger partial charge in [0.05, 0.1) is 15.2 Å². The number of hydrogen-bond acceptors (Lipinski definition) is 2. The molecular formula is C45H50O2Si. The fourth-order valence-corrected chi connectivity index (χ4v) is 11.1. The predicted molar refractivity (Wildman–Crippen MR) is 208 cm³/mol. The first-order chi connectivity index (χ1) is 23.0. The van der Waals surface area contributed by atoms with Crippen LogP contribution >= 0.6 is 0 Å². The first-order valence-electron chi connectivity index (χ1n) is 17.4. The lowest BCUT2D eigenvalue weighted by molar-refractivity contribution is 0.351. The first kappa shape index (κ1) is 33.6. The highest BCUT2D eigenvalue weighted by molar-refractivity contribution is 6.92. The van der Waals surface area contributed by atoms with Gasteiger partial charge in [0.15, 0.2) is 0 Å². The molecule has 0 aliphatic heterocycles. The molecule has 48 heavy (non-hydrogen) atoms. The maximum absolute atomic E-state index is 6.66. The lowest BCUT2D eigenvalue weighted by atomic mass is 9.86. The molecule has 1 aliphatic rings. The summed E-state index contributed by atoms with van der Waals surface area (Å²) in [4.78, 5) is 0. The minimum Gasteiger partial charge on any atom is -0.497 e. The van der Waals surface area contributed by atoms with E-state index in [1.165, 1.54) is 66.4 Å². The van der Waals surface area contributed by atoms with Gasteiger partial charge in [0.2, 0.25) is 0 Å². The molecule has 0 saturated heterocycles. The summed E-state index contributed by atoms with van der Waals surface area (Å²) in [6.45, 7) is 20.7. The van der Waals surface area contributed by atoms with Crippen LogP contribution in [0.25, 0.3) is 33.4 Å². The average Bonchev–Trinajstić information content (AvgIpc) is 3.43. The zero-order chi connectivity index (χ0) is 34.2. The van der Waals surface area contributed by atoms with Crippen molar-refractivity contribution in [2.24, 2.45) is 0 Å². The highest BCUT2D eigenvalue weighted by Gasteiger charge is 2.45. The average molecular weight is 651 g/mol. The van der Waals surface area contributed by atoms with Crippen LogP contribution in [0.2, 0.25) is 13.1 Å². The van der Waals surface area contributed by atoms with Gasteiger partial charge in [0.25, 0.3) is 0 Å². The van der Waals surface area contributed by atoms with E-state index in [0.29, 0.717) is 6.61 Å². The van der Waals surface area contributed by atoms with Crippen molar-refractivity contribution in [2.45, 2.75) is 71.5 Å². The normalized spacial score (nSPS) is 12.8. The molecule has 0 fully saturated rings. The van der Waals surface area contributed by atoms with E-state index in [2.05, 4.69) is 151 Å². The fraction of sp³-hybridized carbons (Fsp3) is 0.289. The molecule has 6 rings (SSSR count). The molecule has 5 aromatic carbocycles. The van der Waals surface area contributed by atoms with E-state index in [9.17, 15) is 0 Å². The predicted octanol–water partition coefficient (Wildman–Crippen LogP) is 11.3. The van der Waals surface area contributed by atoms with Crippen LogP contribution in [-0.2, 0) is 18.3 Å². The maximum atomic E-state index is 6.66. The van der Waals surface area contributed by atoms with Crippen molar-refractivity contribution in [3.05, 3.63) is 138 Å². The molecule has 3 heteroatoms. The Morgan fingerprint density at radius 1 is 0.688 bits per heavy atom. The summed E-state index contributed by atoms with van der Waals surface area (Å²) < 4.78 is 12.6. The van der Waals surface area contributed by atoms with E-state index >= 15 is 0 Å². The van der Waals surface area contributed by atoms with Crippen molar-refractivity contribution < 1.29 is 9.47 Å². The summed E-state index contributed by atoms with van der Waals surface area (Å²) in [6, 6.07) is 36.8. The Labute approximate surface area is 289 Å². The van der Waals surface area contributed by atoms with Crippen molar-refractivity contribution in [1.29, 1.82) is 0 Å². The van der Waals surface area contributed by atoms with Crippen LogP contribution in [0.15, 0.2) is 110 Å². The lowest BCUT2D eigenvalue weighted by Crippen LogP contribution is -2.49. The van der Waals surface area contributed by atoms with Crippen LogP contribution in [0.3, 0.4) is 0 Å². The van der Waals surface area contributed by atoms with Crippen LogP contribution in [0.1, 0.15) is 68.0 Å². The molecule has 0 N–H and O–H groups in total. The molecule has 0 spiro atoms. The SMILES string of the molecule is C=CCOc1c(C(C)(C)C)cc(OC)cc1[Si](C)(C)C1c2cc(-c3ccc(CC)cc3)ccc2-c2ccc(-c3ccc(CC)cc3)cc21. The van der Waals surface area contributed by atoms with Crippen molar-refractivity contribution in [2.75, 3.05) is 13.7 Å². The third-order valence-corrected chi connectivity index (χ3v) is 14.1. The van der Waals surface area contributed by atoms with Gasteiger partial charge in [-0.15, -0.1) is 0 Å². The van der Waals surface area contributed by atoms with E-state index < -0.39 is 8.07 Å². The summed E-state index contributed by atoms with van der Waals surface area (Å²) in [6.07, 6.45) is 3.93. The fourth-order valence-electron chi connectivity index (χ4n) is 7.47. The molecular weight excluding hydrogens is 601 g/mol. The highest BCUT2D eigenvalue weighted by Crippen LogP contribution is 2.52. The highest BCUT2D eigenvalue weighted by atomic mass is 28.3. The van der Waals surface area contributed by atoms with Crippen molar-refractivity contribution >= 4 is 13.3 Å².